The van der Waals surface area contributed by atoms with E-state index in [2.05, 4.69) is 0 Å². The molecule has 0 N–H and O–H groups in total. The Morgan fingerprint density at radius 2 is 1.73 bits per heavy atom. The molecule has 1 aromatic carbocycles. The Morgan fingerprint density at radius 3 is 2.31 bits per heavy atom. The van der Waals surface area contributed by atoms with Crippen molar-refractivity contribution in [2.75, 3.05) is 48.0 Å². The first-order valence-corrected chi connectivity index (χ1v) is 8.46. The molecule has 0 aliphatic carbocycles. The summed E-state index contributed by atoms with van der Waals surface area (Å²) in [5.41, 5.74) is -0.247. The number of ether oxygens (including phenoxy) is 4. The van der Waals surface area contributed by atoms with E-state index in [0.29, 0.717) is 42.4 Å². The molecule has 2 heterocycles. The number of nitrogens with zero attached hydrogens (tertiary/aromatic N) is 2. The van der Waals surface area contributed by atoms with Crippen molar-refractivity contribution in [2.45, 2.75) is 18.4 Å². The van der Waals surface area contributed by atoms with E-state index in [9.17, 15) is 9.59 Å². The molecule has 2 saturated heterocycles. The van der Waals surface area contributed by atoms with Crippen molar-refractivity contribution in [3.63, 3.8) is 0 Å². The van der Waals surface area contributed by atoms with Gasteiger partial charge < -0.3 is 28.7 Å². The van der Waals surface area contributed by atoms with Crippen LogP contribution in [-0.2, 0) is 4.74 Å². The van der Waals surface area contributed by atoms with Gasteiger partial charge in [-0.25, -0.2) is 4.79 Å². The molecule has 1 aromatic rings. The summed E-state index contributed by atoms with van der Waals surface area (Å²) in [7, 11) is 6.25. The van der Waals surface area contributed by atoms with Crippen LogP contribution in [0.5, 0.6) is 17.2 Å². The minimum Gasteiger partial charge on any atom is -0.496 e. The Hall–Kier alpha value is -2.64. The average molecular weight is 364 g/mol. The van der Waals surface area contributed by atoms with E-state index in [1.165, 1.54) is 21.3 Å². The molecule has 2 fully saturated rings. The number of rotatable bonds is 4. The van der Waals surface area contributed by atoms with E-state index in [4.69, 9.17) is 18.9 Å². The van der Waals surface area contributed by atoms with Crippen molar-refractivity contribution >= 4 is 12.0 Å². The third kappa shape index (κ3) is 3.11. The fourth-order valence-electron chi connectivity index (χ4n) is 3.64. The Balaban J connectivity index is 1.88. The van der Waals surface area contributed by atoms with Crippen molar-refractivity contribution in [2.24, 2.45) is 0 Å². The van der Waals surface area contributed by atoms with Crippen LogP contribution in [0.2, 0.25) is 0 Å². The average Bonchev–Trinajstić information content (AvgIpc) is 2.92. The Morgan fingerprint density at radius 1 is 1.08 bits per heavy atom. The van der Waals surface area contributed by atoms with Crippen LogP contribution in [0.3, 0.4) is 0 Å². The number of likely N-dealkylation sites (N-methyl/N-ethyl adjacent to an activating group) is 1. The standard InChI is InChI=1S/C18H24N2O6/c1-19-10-18(26-17(19)22)6-5-7-20(11-18)16(21)12-8-14(24-3)15(25-4)9-13(12)23-2/h8-9H,5-7,10-11H2,1-4H3. The fourth-order valence-corrected chi connectivity index (χ4v) is 3.64. The monoisotopic (exact) mass is 364 g/mol. The largest absolute Gasteiger partial charge is 0.496 e. The van der Waals surface area contributed by atoms with Gasteiger partial charge in [0.05, 0.1) is 40.0 Å². The van der Waals surface area contributed by atoms with Gasteiger partial charge in [0.1, 0.15) is 11.4 Å². The van der Waals surface area contributed by atoms with Crippen molar-refractivity contribution < 1.29 is 28.5 Å². The van der Waals surface area contributed by atoms with Gasteiger partial charge in [-0.2, -0.15) is 0 Å². The first kappa shape index (κ1) is 18.2. The number of amides is 2. The van der Waals surface area contributed by atoms with Gasteiger partial charge in [0.2, 0.25) is 0 Å². The molecule has 1 spiro atoms. The summed E-state index contributed by atoms with van der Waals surface area (Å²) in [5.74, 6) is 1.16. The first-order chi connectivity index (χ1) is 12.4. The Bertz CT molecular complexity index is 722. The van der Waals surface area contributed by atoms with Gasteiger partial charge in [-0.15, -0.1) is 0 Å². The van der Waals surface area contributed by atoms with Gasteiger partial charge >= 0.3 is 6.09 Å². The summed E-state index contributed by atoms with van der Waals surface area (Å²) in [6.07, 6.45) is 1.17. The van der Waals surface area contributed by atoms with Crippen LogP contribution in [-0.4, -0.2) is 75.4 Å². The third-order valence-corrected chi connectivity index (χ3v) is 4.90. The van der Waals surface area contributed by atoms with Crippen LogP contribution < -0.4 is 14.2 Å². The van der Waals surface area contributed by atoms with Gasteiger partial charge in [-0.05, 0) is 12.8 Å². The molecule has 1 unspecified atom stereocenters. The van der Waals surface area contributed by atoms with Crippen LogP contribution in [0.4, 0.5) is 4.79 Å². The maximum atomic E-state index is 13.1. The van der Waals surface area contributed by atoms with Crippen molar-refractivity contribution in [1.29, 1.82) is 0 Å². The number of hydrogen-bond donors (Lipinski definition) is 0. The van der Waals surface area contributed by atoms with Crippen molar-refractivity contribution in [3.8, 4) is 17.2 Å². The summed E-state index contributed by atoms with van der Waals surface area (Å²) >= 11 is 0. The summed E-state index contributed by atoms with van der Waals surface area (Å²) in [5, 5.41) is 0. The Labute approximate surface area is 152 Å². The van der Waals surface area contributed by atoms with Crippen LogP contribution in [0.25, 0.3) is 0 Å². The number of hydrogen-bond acceptors (Lipinski definition) is 6. The summed E-state index contributed by atoms with van der Waals surface area (Å²) in [6, 6.07) is 3.25. The second-order valence-corrected chi connectivity index (χ2v) is 6.64. The highest BCUT2D eigenvalue weighted by Gasteiger charge is 2.47. The molecule has 0 saturated carbocycles. The van der Waals surface area contributed by atoms with E-state index >= 15 is 0 Å². The highest BCUT2D eigenvalue weighted by Crippen LogP contribution is 2.37. The molecule has 2 amide bonds. The lowest BCUT2D eigenvalue weighted by Crippen LogP contribution is -2.52. The lowest BCUT2D eigenvalue weighted by molar-refractivity contribution is -0.00532. The maximum Gasteiger partial charge on any atom is 0.410 e. The van der Waals surface area contributed by atoms with E-state index in [0.717, 1.165) is 12.8 Å². The molecule has 2 aliphatic heterocycles. The molecule has 142 valence electrons. The molecule has 8 heteroatoms. The molecular formula is C18H24N2O6. The highest BCUT2D eigenvalue weighted by atomic mass is 16.6. The zero-order chi connectivity index (χ0) is 18.9. The van der Waals surface area contributed by atoms with Gasteiger partial charge in [-0.3, -0.25) is 4.79 Å². The molecule has 0 radical (unpaired) electrons. The molecule has 0 bridgehead atoms. The number of carbonyl (C=O) groups excluding carboxylic acids is 2. The van der Waals surface area contributed by atoms with Gasteiger partial charge in [0.25, 0.3) is 5.91 Å². The quantitative estimate of drug-likeness (QED) is 0.810. The topological polar surface area (TPSA) is 77.5 Å². The number of carbonyl (C=O) groups is 2. The third-order valence-electron chi connectivity index (χ3n) is 4.90. The SMILES string of the molecule is COc1cc(OC)c(C(=O)N2CCCC3(CN(C)C(=O)O3)C2)cc1OC. The smallest absolute Gasteiger partial charge is 0.410 e. The van der Waals surface area contributed by atoms with Crippen molar-refractivity contribution in [3.05, 3.63) is 17.7 Å². The summed E-state index contributed by atoms with van der Waals surface area (Å²) in [4.78, 5) is 28.2. The second kappa shape index (κ2) is 6.93. The zero-order valence-corrected chi connectivity index (χ0v) is 15.5. The molecule has 26 heavy (non-hydrogen) atoms. The predicted octanol–water partition coefficient (Wildman–Crippen LogP) is 1.77. The van der Waals surface area contributed by atoms with E-state index in [1.54, 1.807) is 29.0 Å². The van der Waals surface area contributed by atoms with Crippen molar-refractivity contribution in [1.82, 2.24) is 9.80 Å². The predicted molar refractivity (Wildman–Crippen MR) is 93.1 cm³/mol. The van der Waals surface area contributed by atoms with Crippen LogP contribution >= 0.6 is 0 Å². The molecule has 2 aliphatic rings. The maximum absolute atomic E-state index is 13.1. The minimum atomic E-state index is -0.635. The number of piperidine rings is 1. The first-order valence-electron chi connectivity index (χ1n) is 8.46. The second-order valence-electron chi connectivity index (χ2n) is 6.64. The van der Waals surface area contributed by atoms with E-state index in [-0.39, 0.29) is 12.0 Å². The van der Waals surface area contributed by atoms with Gasteiger partial charge in [0, 0.05) is 25.7 Å². The molecule has 8 nitrogen and oxygen atoms in total. The van der Waals surface area contributed by atoms with Crippen LogP contribution in [0, 0.1) is 0 Å². The zero-order valence-electron chi connectivity index (χ0n) is 15.5. The number of likely N-dealkylation sites (tertiary alicyclic amines) is 1. The lowest BCUT2D eigenvalue weighted by Gasteiger charge is -2.38. The highest BCUT2D eigenvalue weighted by molar-refractivity contribution is 5.98. The summed E-state index contributed by atoms with van der Waals surface area (Å²) in [6.45, 7) is 1.44. The van der Waals surface area contributed by atoms with E-state index in [1.807, 2.05) is 0 Å². The normalized spacial score (nSPS) is 22.4. The fraction of sp³-hybridized carbons (Fsp3) is 0.556. The molecule has 1 atom stereocenters. The molecule has 0 aromatic heterocycles. The lowest BCUT2D eigenvalue weighted by atomic mass is 9.92. The van der Waals surface area contributed by atoms with Gasteiger partial charge in [0.15, 0.2) is 11.5 Å². The van der Waals surface area contributed by atoms with Crippen LogP contribution in [0.1, 0.15) is 23.2 Å². The summed E-state index contributed by atoms with van der Waals surface area (Å²) < 4.78 is 21.5. The Kier molecular flexibility index (Phi) is 4.84. The van der Waals surface area contributed by atoms with E-state index < -0.39 is 5.60 Å². The number of methoxy groups -OCH3 is 3. The minimum absolute atomic E-state index is 0.188. The van der Waals surface area contributed by atoms with Crippen LogP contribution in [0.15, 0.2) is 12.1 Å². The van der Waals surface area contributed by atoms with Gasteiger partial charge in [-0.1, -0.05) is 0 Å². The number of benzene rings is 1. The molecule has 3 rings (SSSR count). The molecular weight excluding hydrogens is 340 g/mol.